The predicted octanol–water partition coefficient (Wildman–Crippen LogP) is 2.56. The zero-order chi connectivity index (χ0) is 12.4. The minimum Gasteiger partial charge on any atom is -0.478 e. The number of fused-ring (bicyclic) bond motifs is 1. The molecule has 0 saturated heterocycles. The molecule has 17 heavy (non-hydrogen) atoms. The van der Waals surface area contributed by atoms with E-state index in [1.807, 2.05) is 11.5 Å². The molecule has 2 aromatic rings. The molecule has 0 aliphatic rings. The summed E-state index contributed by atoms with van der Waals surface area (Å²) in [6.07, 6.45) is 3.50. The van der Waals surface area contributed by atoms with Gasteiger partial charge in [-0.3, -0.25) is 4.79 Å². The molecular weight excluding hydrogens is 218 g/mol. The second-order valence-corrected chi connectivity index (χ2v) is 3.93. The second kappa shape index (κ2) is 4.41. The van der Waals surface area contributed by atoms with E-state index in [0.29, 0.717) is 5.56 Å². The van der Waals surface area contributed by atoms with E-state index in [2.05, 4.69) is 0 Å². The SMILES string of the molecule is CCCn1cc(C=O)c2ccc(C(=O)O)cc21. The van der Waals surface area contributed by atoms with Gasteiger partial charge in [0, 0.05) is 29.2 Å². The van der Waals surface area contributed by atoms with E-state index in [4.69, 9.17) is 5.11 Å². The van der Waals surface area contributed by atoms with Crippen LogP contribution in [0.4, 0.5) is 0 Å². The summed E-state index contributed by atoms with van der Waals surface area (Å²) in [5.74, 6) is -0.955. The summed E-state index contributed by atoms with van der Waals surface area (Å²) in [7, 11) is 0. The Morgan fingerprint density at radius 3 is 2.82 bits per heavy atom. The van der Waals surface area contributed by atoms with Gasteiger partial charge in [-0.1, -0.05) is 13.0 Å². The molecule has 4 nitrogen and oxygen atoms in total. The van der Waals surface area contributed by atoms with E-state index in [1.165, 1.54) is 6.07 Å². The summed E-state index contributed by atoms with van der Waals surface area (Å²) >= 11 is 0. The van der Waals surface area contributed by atoms with Gasteiger partial charge >= 0.3 is 5.97 Å². The lowest BCUT2D eigenvalue weighted by atomic mass is 10.1. The molecule has 0 bridgehead atoms. The zero-order valence-corrected chi connectivity index (χ0v) is 9.51. The molecule has 2 rings (SSSR count). The first-order chi connectivity index (χ1) is 8.17. The number of rotatable bonds is 4. The number of carboxylic acid groups (broad SMARTS) is 1. The smallest absolute Gasteiger partial charge is 0.335 e. The largest absolute Gasteiger partial charge is 0.478 e. The van der Waals surface area contributed by atoms with Crippen LogP contribution in [0.25, 0.3) is 10.9 Å². The fourth-order valence-corrected chi connectivity index (χ4v) is 1.97. The number of carbonyl (C=O) groups excluding carboxylic acids is 1. The lowest BCUT2D eigenvalue weighted by Crippen LogP contribution is -1.98. The van der Waals surface area contributed by atoms with Crippen molar-refractivity contribution in [1.82, 2.24) is 4.57 Å². The fraction of sp³-hybridized carbons (Fsp3) is 0.231. The van der Waals surface area contributed by atoms with Gasteiger partial charge in [0.15, 0.2) is 6.29 Å². The number of hydrogen-bond donors (Lipinski definition) is 1. The molecule has 0 aliphatic heterocycles. The minimum absolute atomic E-state index is 0.241. The van der Waals surface area contributed by atoms with Crippen molar-refractivity contribution in [3.05, 3.63) is 35.5 Å². The van der Waals surface area contributed by atoms with Crippen LogP contribution in [-0.4, -0.2) is 21.9 Å². The van der Waals surface area contributed by atoms with E-state index >= 15 is 0 Å². The molecule has 1 aromatic heterocycles. The molecule has 0 unspecified atom stereocenters. The lowest BCUT2D eigenvalue weighted by molar-refractivity contribution is 0.0697. The maximum atomic E-state index is 10.9. The highest BCUT2D eigenvalue weighted by Crippen LogP contribution is 2.22. The molecule has 4 heteroatoms. The predicted molar refractivity (Wildman–Crippen MR) is 64.6 cm³/mol. The highest BCUT2D eigenvalue weighted by atomic mass is 16.4. The van der Waals surface area contributed by atoms with Gasteiger partial charge in [-0.15, -0.1) is 0 Å². The lowest BCUT2D eigenvalue weighted by Gasteiger charge is -2.03. The van der Waals surface area contributed by atoms with Crippen molar-refractivity contribution in [2.45, 2.75) is 19.9 Å². The number of aldehydes is 1. The third-order valence-corrected chi connectivity index (χ3v) is 2.75. The van der Waals surface area contributed by atoms with Crippen molar-refractivity contribution >= 4 is 23.2 Å². The van der Waals surface area contributed by atoms with Crippen molar-refractivity contribution in [3.8, 4) is 0 Å². The Kier molecular flexibility index (Phi) is 2.95. The van der Waals surface area contributed by atoms with Gasteiger partial charge in [-0.05, 0) is 18.6 Å². The van der Waals surface area contributed by atoms with Crippen molar-refractivity contribution in [1.29, 1.82) is 0 Å². The number of aromatic nitrogens is 1. The third kappa shape index (κ3) is 1.93. The van der Waals surface area contributed by atoms with E-state index in [-0.39, 0.29) is 5.56 Å². The Hall–Kier alpha value is -2.10. The molecule has 1 heterocycles. The van der Waals surface area contributed by atoms with Crippen LogP contribution in [-0.2, 0) is 6.54 Å². The van der Waals surface area contributed by atoms with Gasteiger partial charge in [0.05, 0.1) is 5.56 Å². The van der Waals surface area contributed by atoms with E-state index in [9.17, 15) is 9.59 Å². The monoisotopic (exact) mass is 231 g/mol. The summed E-state index contributed by atoms with van der Waals surface area (Å²) in [4.78, 5) is 21.8. The first-order valence-corrected chi connectivity index (χ1v) is 5.48. The number of aryl methyl sites for hydroxylation is 1. The molecule has 0 atom stereocenters. The molecule has 0 aliphatic carbocycles. The molecule has 88 valence electrons. The van der Waals surface area contributed by atoms with Crippen molar-refractivity contribution in [2.24, 2.45) is 0 Å². The number of carbonyl (C=O) groups is 2. The first kappa shape index (κ1) is 11.4. The van der Waals surface area contributed by atoms with E-state index < -0.39 is 5.97 Å². The van der Waals surface area contributed by atoms with Crippen LogP contribution < -0.4 is 0 Å². The van der Waals surface area contributed by atoms with E-state index in [0.717, 1.165) is 30.2 Å². The Morgan fingerprint density at radius 2 is 2.24 bits per heavy atom. The maximum Gasteiger partial charge on any atom is 0.335 e. The molecule has 0 fully saturated rings. The number of carboxylic acids is 1. The summed E-state index contributed by atoms with van der Waals surface area (Å²) in [6.45, 7) is 2.81. The fourth-order valence-electron chi connectivity index (χ4n) is 1.97. The van der Waals surface area contributed by atoms with Crippen molar-refractivity contribution in [2.75, 3.05) is 0 Å². The normalized spacial score (nSPS) is 10.6. The Labute approximate surface area is 98.5 Å². The average Bonchev–Trinajstić information content (AvgIpc) is 2.67. The number of hydrogen-bond acceptors (Lipinski definition) is 2. The molecule has 0 amide bonds. The molecule has 0 saturated carbocycles. The standard InChI is InChI=1S/C13H13NO3/c1-2-5-14-7-10(8-15)11-4-3-9(13(16)17)6-12(11)14/h3-4,6-8H,2,5H2,1H3,(H,16,17). The third-order valence-electron chi connectivity index (χ3n) is 2.75. The topological polar surface area (TPSA) is 59.3 Å². The number of benzene rings is 1. The Morgan fingerprint density at radius 1 is 1.47 bits per heavy atom. The van der Waals surface area contributed by atoms with Gasteiger partial charge in [-0.2, -0.15) is 0 Å². The summed E-state index contributed by atoms with van der Waals surface area (Å²) < 4.78 is 1.92. The summed E-state index contributed by atoms with van der Waals surface area (Å²) in [5, 5.41) is 9.75. The quantitative estimate of drug-likeness (QED) is 0.822. The maximum absolute atomic E-state index is 10.9. The van der Waals surface area contributed by atoms with Gasteiger partial charge in [0.1, 0.15) is 0 Å². The molecule has 0 radical (unpaired) electrons. The summed E-state index contributed by atoms with van der Waals surface area (Å²) in [5.41, 5.74) is 1.64. The van der Waals surface area contributed by atoms with Gasteiger partial charge in [-0.25, -0.2) is 4.79 Å². The number of nitrogens with zero attached hydrogens (tertiary/aromatic N) is 1. The van der Waals surface area contributed by atoms with Crippen LogP contribution in [0.3, 0.4) is 0 Å². The first-order valence-electron chi connectivity index (χ1n) is 5.48. The molecule has 1 aromatic carbocycles. The summed E-state index contributed by atoms with van der Waals surface area (Å²) in [6, 6.07) is 4.82. The molecule has 1 N–H and O–H groups in total. The van der Waals surface area contributed by atoms with Gasteiger partial charge in [0.25, 0.3) is 0 Å². The zero-order valence-electron chi connectivity index (χ0n) is 9.51. The number of aromatic carboxylic acids is 1. The van der Waals surface area contributed by atoms with Crippen LogP contribution in [0.2, 0.25) is 0 Å². The van der Waals surface area contributed by atoms with E-state index in [1.54, 1.807) is 18.3 Å². The van der Waals surface area contributed by atoms with Crippen molar-refractivity contribution in [3.63, 3.8) is 0 Å². The molecule has 0 spiro atoms. The van der Waals surface area contributed by atoms with Crippen molar-refractivity contribution < 1.29 is 14.7 Å². The highest BCUT2D eigenvalue weighted by Gasteiger charge is 2.10. The van der Waals surface area contributed by atoms with Crippen LogP contribution in [0.5, 0.6) is 0 Å². The minimum atomic E-state index is -0.955. The van der Waals surface area contributed by atoms with Crippen LogP contribution >= 0.6 is 0 Å². The Balaban J connectivity index is 2.68. The molecular formula is C13H13NO3. The second-order valence-electron chi connectivity index (χ2n) is 3.93. The van der Waals surface area contributed by atoms with Crippen LogP contribution in [0.15, 0.2) is 24.4 Å². The van der Waals surface area contributed by atoms with Crippen LogP contribution in [0.1, 0.15) is 34.1 Å². The average molecular weight is 231 g/mol. The van der Waals surface area contributed by atoms with Gasteiger partial charge < -0.3 is 9.67 Å². The highest BCUT2D eigenvalue weighted by molar-refractivity contribution is 6.00. The Bertz CT molecular complexity index is 584. The van der Waals surface area contributed by atoms with Crippen LogP contribution in [0, 0.1) is 0 Å². The van der Waals surface area contributed by atoms with Gasteiger partial charge in [0.2, 0.25) is 0 Å².